The number of rotatable bonds is 8. The third-order valence-electron chi connectivity index (χ3n) is 7.05. The minimum Gasteiger partial charge on any atom is -0.480 e. The molecule has 2 aliphatic heterocycles. The van der Waals surface area contributed by atoms with Gasteiger partial charge in [-0.1, -0.05) is 35.0 Å². The number of nitrogens with zero attached hydrogens (tertiary/aromatic N) is 7. The molecule has 0 unspecified atom stereocenters. The van der Waals surface area contributed by atoms with Gasteiger partial charge < -0.3 is 20.1 Å². The van der Waals surface area contributed by atoms with Crippen molar-refractivity contribution in [1.82, 2.24) is 29.9 Å². The Balaban J connectivity index is 1.26. The van der Waals surface area contributed by atoms with Crippen LogP contribution in [0.1, 0.15) is 30.5 Å². The highest BCUT2D eigenvalue weighted by Crippen LogP contribution is 2.27. The molecule has 2 saturated heterocycles. The van der Waals surface area contributed by atoms with Crippen molar-refractivity contribution in [2.45, 2.75) is 44.8 Å². The third-order valence-corrected chi connectivity index (χ3v) is 7.05. The summed E-state index contributed by atoms with van der Waals surface area (Å²) < 4.78 is 7.23. The molecular weight excluding hydrogens is 496 g/mol. The van der Waals surface area contributed by atoms with Crippen molar-refractivity contribution in [3.63, 3.8) is 0 Å². The van der Waals surface area contributed by atoms with E-state index in [1.165, 1.54) is 0 Å². The number of aromatic nitrogens is 6. The van der Waals surface area contributed by atoms with Gasteiger partial charge in [-0.05, 0) is 50.5 Å². The van der Waals surface area contributed by atoms with Gasteiger partial charge in [-0.3, -0.25) is 0 Å². The van der Waals surface area contributed by atoms with Gasteiger partial charge in [0.1, 0.15) is 17.6 Å². The number of aliphatic carboxylic acids is 1. The summed E-state index contributed by atoms with van der Waals surface area (Å²) in [6.07, 6.45) is 4.21. The molecule has 3 aromatic heterocycles. The van der Waals surface area contributed by atoms with Crippen molar-refractivity contribution in [2.24, 2.45) is 0 Å². The highest BCUT2D eigenvalue weighted by atomic mass is 16.5. The normalized spacial score (nSPS) is 18.9. The van der Waals surface area contributed by atoms with E-state index >= 15 is 0 Å². The van der Waals surface area contributed by atoms with E-state index in [0.717, 1.165) is 42.0 Å². The predicted octanol–water partition coefficient (Wildman–Crippen LogP) is 3.41. The highest BCUT2D eigenvalue weighted by Gasteiger charge is 2.31. The summed E-state index contributed by atoms with van der Waals surface area (Å²) in [4.78, 5) is 27.8. The summed E-state index contributed by atoms with van der Waals surface area (Å²) in [7, 11) is 0. The van der Waals surface area contributed by atoms with Crippen molar-refractivity contribution in [1.29, 1.82) is 0 Å². The molecule has 39 heavy (non-hydrogen) atoms. The number of hydrogen-bond donors (Lipinski definition) is 2. The number of aryl methyl sites for hydroxylation is 1. The lowest BCUT2D eigenvalue weighted by Crippen LogP contribution is -2.36. The second-order valence-corrected chi connectivity index (χ2v) is 10.0. The number of anilines is 2. The first kappa shape index (κ1) is 24.9. The number of carbonyl (C=O) groups is 1. The van der Waals surface area contributed by atoms with Crippen molar-refractivity contribution in [2.75, 3.05) is 30.0 Å². The molecule has 200 valence electrons. The molecule has 0 saturated carbocycles. The molecule has 2 aliphatic rings. The Morgan fingerprint density at radius 3 is 2.77 bits per heavy atom. The van der Waals surface area contributed by atoms with Gasteiger partial charge in [-0.2, -0.15) is 0 Å². The van der Waals surface area contributed by atoms with E-state index < -0.39 is 12.0 Å². The lowest BCUT2D eigenvalue weighted by molar-refractivity contribution is -0.138. The summed E-state index contributed by atoms with van der Waals surface area (Å²) in [6, 6.07) is 15.4. The van der Waals surface area contributed by atoms with E-state index in [1.807, 2.05) is 47.5 Å². The van der Waals surface area contributed by atoms with Gasteiger partial charge in [0, 0.05) is 18.7 Å². The van der Waals surface area contributed by atoms with Crippen molar-refractivity contribution < 1.29 is 14.6 Å². The maximum absolute atomic E-state index is 11.6. The molecule has 5 heterocycles. The maximum atomic E-state index is 11.6. The lowest BCUT2D eigenvalue weighted by atomic mass is 10.1. The minimum absolute atomic E-state index is 0.163. The van der Waals surface area contributed by atoms with Crippen LogP contribution in [0.4, 0.5) is 11.8 Å². The number of ether oxygens (including phenoxy) is 1. The zero-order valence-corrected chi connectivity index (χ0v) is 21.7. The first-order valence-electron chi connectivity index (χ1n) is 13.2. The van der Waals surface area contributed by atoms with Crippen LogP contribution in [-0.2, 0) is 16.1 Å². The number of benzene rings is 1. The summed E-state index contributed by atoms with van der Waals surface area (Å²) in [5.74, 6) is 0.384. The van der Waals surface area contributed by atoms with Crippen LogP contribution in [0.5, 0.6) is 0 Å². The molecule has 6 rings (SSSR count). The predicted molar refractivity (Wildman–Crippen MR) is 145 cm³/mol. The number of carboxylic acids is 1. The van der Waals surface area contributed by atoms with Crippen LogP contribution in [0.15, 0.2) is 54.7 Å². The van der Waals surface area contributed by atoms with Crippen LogP contribution in [0.25, 0.3) is 22.6 Å². The van der Waals surface area contributed by atoms with Gasteiger partial charge in [0.05, 0.1) is 42.5 Å². The minimum atomic E-state index is -0.815. The Kier molecular flexibility index (Phi) is 6.89. The van der Waals surface area contributed by atoms with Crippen molar-refractivity contribution >= 4 is 17.7 Å². The van der Waals surface area contributed by atoms with Gasteiger partial charge in [-0.15, -0.1) is 5.10 Å². The average Bonchev–Trinajstić information content (AvgIpc) is 3.71. The largest absolute Gasteiger partial charge is 0.480 e. The fraction of sp³-hybridized carbons (Fsp3) is 0.357. The molecule has 0 spiro atoms. The summed E-state index contributed by atoms with van der Waals surface area (Å²) in [6.45, 7) is 4.48. The SMILES string of the molecule is Cc1cccc(-c2cc(-c3cn(Cc4cccc(N5CCC[C@H]5C(=O)O)n4)nn3)nc(N[C@@H]3CCOC3)n2)c1. The van der Waals surface area contributed by atoms with Crippen molar-refractivity contribution in [3.05, 3.63) is 66.0 Å². The zero-order chi connectivity index (χ0) is 26.8. The van der Waals surface area contributed by atoms with E-state index in [2.05, 4.69) is 34.7 Å². The molecule has 0 radical (unpaired) electrons. The second kappa shape index (κ2) is 10.8. The molecular formula is C28H30N8O3. The monoisotopic (exact) mass is 526 g/mol. The summed E-state index contributed by atoms with van der Waals surface area (Å²) in [5.41, 5.74) is 5.00. The Morgan fingerprint density at radius 1 is 1.08 bits per heavy atom. The molecule has 2 fully saturated rings. The van der Waals surface area contributed by atoms with Crippen molar-refractivity contribution in [3.8, 4) is 22.6 Å². The molecule has 11 heteroatoms. The molecule has 0 aliphatic carbocycles. The Morgan fingerprint density at radius 2 is 1.95 bits per heavy atom. The van der Waals surface area contributed by atoms with Crippen LogP contribution in [-0.4, -0.2) is 72.9 Å². The van der Waals surface area contributed by atoms with Crippen LogP contribution in [0.2, 0.25) is 0 Å². The lowest BCUT2D eigenvalue weighted by Gasteiger charge is -2.22. The zero-order valence-electron chi connectivity index (χ0n) is 21.7. The smallest absolute Gasteiger partial charge is 0.326 e. The van der Waals surface area contributed by atoms with E-state index in [0.29, 0.717) is 49.3 Å². The molecule has 11 nitrogen and oxygen atoms in total. The fourth-order valence-electron chi connectivity index (χ4n) is 5.10. The van der Waals surface area contributed by atoms with Gasteiger partial charge >= 0.3 is 5.97 Å². The Labute approximate surface area is 225 Å². The second-order valence-electron chi connectivity index (χ2n) is 10.0. The van der Waals surface area contributed by atoms with Crippen LogP contribution >= 0.6 is 0 Å². The maximum Gasteiger partial charge on any atom is 0.326 e. The number of hydrogen-bond acceptors (Lipinski definition) is 9. The average molecular weight is 527 g/mol. The standard InChI is InChI=1S/C28H30N8O3/c1-18-5-2-6-19(13-18)22-14-23(32-28(31-22)30-21-10-12-39-17-21)24-16-35(34-33-24)15-20-7-3-9-26(29-20)36-11-4-8-25(36)27(37)38/h2-3,5-7,9,13-14,16,21,25H,4,8,10-12,15,17H2,1H3,(H,37,38)(H,30,31,32)/t21-,25+/m1/s1. The Bertz CT molecular complexity index is 1480. The van der Waals surface area contributed by atoms with E-state index in [-0.39, 0.29) is 6.04 Å². The molecule has 4 aromatic rings. The molecule has 0 bridgehead atoms. The van der Waals surface area contributed by atoms with E-state index in [4.69, 9.17) is 19.7 Å². The van der Waals surface area contributed by atoms with Gasteiger partial charge in [0.25, 0.3) is 0 Å². The van der Waals surface area contributed by atoms with E-state index in [1.54, 1.807) is 4.68 Å². The molecule has 2 atom stereocenters. The fourth-order valence-corrected chi connectivity index (χ4v) is 5.10. The van der Waals surface area contributed by atoms with Crippen LogP contribution in [0.3, 0.4) is 0 Å². The third kappa shape index (κ3) is 5.58. The summed E-state index contributed by atoms with van der Waals surface area (Å²) >= 11 is 0. The molecule has 0 amide bonds. The first-order chi connectivity index (χ1) is 19.0. The molecule has 2 N–H and O–H groups in total. The first-order valence-corrected chi connectivity index (χ1v) is 13.2. The van der Waals surface area contributed by atoms with Crippen LogP contribution < -0.4 is 10.2 Å². The quantitative estimate of drug-likeness (QED) is 0.352. The topological polar surface area (TPSA) is 131 Å². The highest BCUT2D eigenvalue weighted by molar-refractivity contribution is 5.78. The number of nitrogens with one attached hydrogen (secondary N) is 1. The molecule has 1 aromatic carbocycles. The van der Waals surface area contributed by atoms with Gasteiger partial charge in [0.15, 0.2) is 0 Å². The van der Waals surface area contributed by atoms with Gasteiger partial charge in [0.2, 0.25) is 5.95 Å². The number of pyridine rings is 1. The van der Waals surface area contributed by atoms with Gasteiger partial charge in [-0.25, -0.2) is 24.4 Å². The summed E-state index contributed by atoms with van der Waals surface area (Å²) in [5, 5.41) is 21.7. The Hall–Kier alpha value is -4.38. The van der Waals surface area contributed by atoms with Crippen LogP contribution in [0, 0.1) is 6.92 Å². The number of carboxylic acid groups (broad SMARTS) is 1. The van der Waals surface area contributed by atoms with E-state index in [9.17, 15) is 9.90 Å².